The largest absolute Gasteiger partial charge is 0.493 e. The van der Waals surface area contributed by atoms with Crippen LogP contribution >= 0.6 is 0 Å². The Morgan fingerprint density at radius 1 is 0.778 bits per heavy atom. The predicted molar refractivity (Wildman–Crippen MR) is 139 cm³/mol. The Kier molecular flexibility index (Phi) is 8.66. The monoisotopic (exact) mass is 490 g/mol. The van der Waals surface area contributed by atoms with Gasteiger partial charge in [0, 0.05) is 17.8 Å². The third kappa shape index (κ3) is 6.41. The molecular formula is C27H26N2O7. The van der Waals surface area contributed by atoms with Crippen LogP contribution in [0.25, 0.3) is 18.2 Å². The summed E-state index contributed by atoms with van der Waals surface area (Å²) in [4.78, 5) is 23.1. The number of carbonyl (C=O) groups is 1. The summed E-state index contributed by atoms with van der Waals surface area (Å²) in [5.41, 5.74) is 2.62. The summed E-state index contributed by atoms with van der Waals surface area (Å²) in [6.07, 6.45) is 6.59. The van der Waals surface area contributed by atoms with Crippen LogP contribution in [0.5, 0.6) is 23.0 Å². The van der Waals surface area contributed by atoms with Crippen LogP contribution in [-0.2, 0) is 4.79 Å². The molecule has 3 aromatic rings. The zero-order chi connectivity index (χ0) is 26.1. The van der Waals surface area contributed by atoms with E-state index in [1.54, 1.807) is 33.5 Å². The van der Waals surface area contributed by atoms with Crippen LogP contribution < -0.4 is 24.3 Å². The van der Waals surface area contributed by atoms with Gasteiger partial charge in [-0.05, 0) is 53.1 Å². The Bertz CT molecular complexity index is 1290. The second kappa shape index (κ2) is 12.1. The topological polar surface area (TPSA) is 109 Å². The minimum atomic E-state index is -0.534. The molecule has 186 valence electrons. The lowest BCUT2D eigenvalue weighted by atomic mass is 10.1. The van der Waals surface area contributed by atoms with Gasteiger partial charge in [0.25, 0.3) is 0 Å². The van der Waals surface area contributed by atoms with Gasteiger partial charge >= 0.3 is 5.69 Å². The number of ether oxygens (including phenoxy) is 4. The van der Waals surface area contributed by atoms with E-state index in [0.29, 0.717) is 28.5 Å². The highest BCUT2D eigenvalue weighted by Crippen LogP contribution is 2.38. The van der Waals surface area contributed by atoms with Gasteiger partial charge in [-0.25, -0.2) is 0 Å². The maximum atomic E-state index is 12.4. The lowest BCUT2D eigenvalue weighted by Gasteiger charge is -2.12. The molecule has 0 atom stereocenters. The van der Waals surface area contributed by atoms with Crippen LogP contribution in [0.2, 0.25) is 0 Å². The number of carbonyl (C=O) groups excluding carboxylic acids is 1. The molecule has 0 aliphatic heterocycles. The Hall–Kier alpha value is -4.79. The highest BCUT2D eigenvalue weighted by Gasteiger charge is 2.14. The first-order valence-electron chi connectivity index (χ1n) is 10.8. The fourth-order valence-electron chi connectivity index (χ4n) is 3.42. The van der Waals surface area contributed by atoms with Crippen molar-refractivity contribution in [2.45, 2.75) is 0 Å². The maximum absolute atomic E-state index is 12.4. The normalized spacial score (nSPS) is 10.9. The molecule has 0 radical (unpaired) electrons. The molecule has 9 nitrogen and oxygen atoms in total. The number of rotatable bonds is 10. The standard InChI is InChI=1S/C27H26N2O7/c1-33-23-12-10-19(15-22(23)29(31)32)11-13-26(30)28-21-7-5-6-18(14-21)8-9-20-16-24(34-2)27(36-4)25(17-20)35-3/h5-17H,1-4H3,(H,28,30)/b9-8+,13-11+. The van der Waals surface area contributed by atoms with Crippen molar-refractivity contribution in [1.82, 2.24) is 0 Å². The molecule has 3 aromatic carbocycles. The van der Waals surface area contributed by atoms with Crippen LogP contribution in [-0.4, -0.2) is 39.3 Å². The SMILES string of the molecule is COc1ccc(/C=C/C(=O)Nc2cccc(/C=C/c3cc(OC)c(OC)c(OC)c3)c2)cc1[N+](=O)[O-]. The lowest BCUT2D eigenvalue weighted by Crippen LogP contribution is -2.07. The predicted octanol–water partition coefficient (Wildman–Crippen LogP) is 5.45. The second-order valence-electron chi connectivity index (χ2n) is 7.43. The Balaban J connectivity index is 1.72. The molecule has 36 heavy (non-hydrogen) atoms. The molecule has 1 N–H and O–H groups in total. The van der Waals surface area contributed by atoms with Crippen LogP contribution in [0, 0.1) is 10.1 Å². The van der Waals surface area contributed by atoms with Crippen LogP contribution in [0.15, 0.2) is 60.7 Å². The highest BCUT2D eigenvalue weighted by atomic mass is 16.6. The number of nitrogens with zero attached hydrogens (tertiary/aromatic N) is 1. The van der Waals surface area contributed by atoms with Crippen molar-refractivity contribution in [3.05, 3.63) is 87.5 Å². The average molecular weight is 491 g/mol. The minimum Gasteiger partial charge on any atom is -0.493 e. The van der Waals surface area contributed by atoms with Crippen molar-refractivity contribution < 1.29 is 28.7 Å². The fourth-order valence-corrected chi connectivity index (χ4v) is 3.42. The van der Waals surface area contributed by atoms with Crippen molar-refractivity contribution in [2.24, 2.45) is 0 Å². The van der Waals surface area contributed by atoms with E-state index in [1.165, 1.54) is 31.4 Å². The molecule has 0 spiro atoms. The van der Waals surface area contributed by atoms with E-state index >= 15 is 0 Å². The molecule has 0 saturated carbocycles. The van der Waals surface area contributed by atoms with Gasteiger partial charge in [-0.3, -0.25) is 14.9 Å². The van der Waals surface area contributed by atoms with Crippen LogP contribution in [0.3, 0.4) is 0 Å². The third-order valence-corrected chi connectivity index (χ3v) is 5.14. The van der Waals surface area contributed by atoms with E-state index in [9.17, 15) is 14.9 Å². The Labute approximate surface area is 208 Å². The van der Waals surface area contributed by atoms with E-state index in [1.807, 2.05) is 42.5 Å². The van der Waals surface area contributed by atoms with Crippen LogP contribution in [0.1, 0.15) is 16.7 Å². The summed E-state index contributed by atoms with van der Waals surface area (Å²) in [5, 5.41) is 14.0. The minimum absolute atomic E-state index is 0.151. The van der Waals surface area contributed by atoms with Gasteiger partial charge in [-0.2, -0.15) is 0 Å². The zero-order valence-corrected chi connectivity index (χ0v) is 20.3. The third-order valence-electron chi connectivity index (χ3n) is 5.14. The van der Waals surface area contributed by atoms with Crippen molar-refractivity contribution in [3.63, 3.8) is 0 Å². The molecule has 0 aliphatic rings. The van der Waals surface area contributed by atoms with Crippen molar-refractivity contribution in [2.75, 3.05) is 33.8 Å². The molecule has 0 heterocycles. The highest BCUT2D eigenvalue weighted by molar-refractivity contribution is 6.02. The molecule has 0 aromatic heterocycles. The maximum Gasteiger partial charge on any atom is 0.311 e. The number of anilines is 1. The van der Waals surface area contributed by atoms with Gasteiger partial charge in [-0.1, -0.05) is 30.4 Å². The Morgan fingerprint density at radius 3 is 2.03 bits per heavy atom. The molecule has 0 aliphatic carbocycles. The summed E-state index contributed by atoms with van der Waals surface area (Å²) in [5.74, 6) is 1.38. The number of hydrogen-bond donors (Lipinski definition) is 1. The molecule has 9 heteroatoms. The smallest absolute Gasteiger partial charge is 0.311 e. The number of amides is 1. The summed E-state index contributed by atoms with van der Waals surface area (Å²) >= 11 is 0. The first kappa shape index (κ1) is 25.8. The summed E-state index contributed by atoms with van der Waals surface area (Å²) in [6, 6.07) is 15.4. The summed E-state index contributed by atoms with van der Waals surface area (Å²) in [6.45, 7) is 0. The van der Waals surface area contributed by atoms with E-state index in [0.717, 1.165) is 11.1 Å². The number of benzene rings is 3. The van der Waals surface area contributed by atoms with Gasteiger partial charge in [0.05, 0.1) is 33.4 Å². The van der Waals surface area contributed by atoms with Gasteiger partial charge in [0.15, 0.2) is 17.2 Å². The van der Waals surface area contributed by atoms with Crippen molar-refractivity contribution >= 4 is 35.5 Å². The van der Waals surface area contributed by atoms with Gasteiger partial charge < -0.3 is 24.3 Å². The molecule has 0 fully saturated rings. The number of methoxy groups -OCH3 is 4. The van der Waals surface area contributed by atoms with Crippen molar-refractivity contribution in [3.8, 4) is 23.0 Å². The summed E-state index contributed by atoms with van der Waals surface area (Å²) < 4.78 is 21.1. The number of nitro groups is 1. The quantitative estimate of drug-likeness (QED) is 0.174. The summed E-state index contributed by atoms with van der Waals surface area (Å²) in [7, 11) is 6.02. The van der Waals surface area contributed by atoms with E-state index < -0.39 is 4.92 Å². The van der Waals surface area contributed by atoms with Gasteiger partial charge in [0.2, 0.25) is 11.7 Å². The number of nitro benzene ring substituents is 1. The molecular weight excluding hydrogens is 464 g/mol. The fraction of sp³-hybridized carbons (Fsp3) is 0.148. The molecule has 0 bridgehead atoms. The van der Waals surface area contributed by atoms with Crippen molar-refractivity contribution in [1.29, 1.82) is 0 Å². The number of hydrogen-bond acceptors (Lipinski definition) is 7. The molecule has 1 amide bonds. The Morgan fingerprint density at radius 2 is 1.42 bits per heavy atom. The number of nitrogens with one attached hydrogen (secondary N) is 1. The van der Waals surface area contributed by atoms with Gasteiger partial charge in [0.1, 0.15) is 0 Å². The van der Waals surface area contributed by atoms with E-state index in [-0.39, 0.29) is 17.3 Å². The molecule has 0 unspecified atom stereocenters. The second-order valence-corrected chi connectivity index (χ2v) is 7.43. The van der Waals surface area contributed by atoms with E-state index in [2.05, 4.69) is 5.32 Å². The lowest BCUT2D eigenvalue weighted by molar-refractivity contribution is -0.385. The van der Waals surface area contributed by atoms with Crippen LogP contribution in [0.4, 0.5) is 11.4 Å². The first-order valence-corrected chi connectivity index (χ1v) is 10.8. The van der Waals surface area contributed by atoms with E-state index in [4.69, 9.17) is 18.9 Å². The molecule has 3 rings (SSSR count). The first-order chi connectivity index (χ1) is 17.4. The van der Waals surface area contributed by atoms with Gasteiger partial charge in [-0.15, -0.1) is 0 Å². The zero-order valence-electron chi connectivity index (χ0n) is 20.3. The molecule has 0 saturated heterocycles. The average Bonchev–Trinajstić information content (AvgIpc) is 2.89.